The lowest BCUT2D eigenvalue weighted by Gasteiger charge is -2.24. The monoisotopic (exact) mass is 427 g/mol. The summed E-state index contributed by atoms with van der Waals surface area (Å²) in [5, 5.41) is 0.645. The van der Waals surface area contributed by atoms with Gasteiger partial charge >= 0.3 is 0 Å². The highest BCUT2D eigenvalue weighted by molar-refractivity contribution is 7.90. The second-order valence-electron chi connectivity index (χ2n) is 6.92. The summed E-state index contributed by atoms with van der Waals surface area (Å²) >= 11 is 6.23. The van der Waals surface area contributed by atoms with Crippen LogP contribution in [0, 0.1) is 0 Å². The standard InChI is InChI=1S/C19H22ClNO4S2/c1-26(22,23)14-15-8-10-18(11-9-15)27(24,25)21-12-4-6-17(21)13-16-5-2-3-7-19(16)20/h2-3,5,7-11,17H,4,6,12-14H2,1H3. The van der Waals surface area contributed by atoms with Crippen LogP contribution in [-0.2, 0) is 32.0 Å². The van der Waals surface area contributed by atoms with Gasteiger partial charge in [-0.05, 0) is 48.6 Å². The van der Waals surface area contributed by atoms with Gasteiger partial charge in [0.05, 0.1) is 10.6 Å². The first-order valence-corrected chi connectivity index (χ1v) is 12.6. The van der Waals surface area contributed by atoms with E-state index in [0.717, 1.165) is 24.7 Å². The first-order chi connectivity index (χ1) is 12.7. The Balaban J connectivity index is 1.82. The molecule has 0 N–H and O–H groups in total. The number of hydrogen-bond donors (Lipinski definition) is 0. The molecule has 1 saturated heterocycles. The molecule has 0 spiro atoms. The highest BCUT2D eigenvalue weighted by Gasteiger charge is 2.35. The summed E-state index contributed by atoms with van der Waals surface area (Å²) < 4.78 is 50.5. The first kappa shape index (κ1) is 20.3. The predicted molar refractivity (Wildman–Crippen MR) is 107 cm³/mol. The van der Waals surface area contributed by atoms with Crippen molar-refractivity contribution in [3.63, 3.8) is 0 Å². The second-order valence-corrected chi connectivity index (χ2v) is 11.4. The maximum Gasteiger partial charge on any atom is 0.243 e. The molecule has 0 amide bonds. The molecule has 1 heterocycles. The van der Waals surface area contributed by atoms with Gasteiger partial charge in [0.15, 0.2) is 9.84 Å². The van der Waals surface area contributed by atoms with E-state index in [1.54, 1.807) is 16.4 Å². The summed E-state index contributed by atoms with van der Waals surface area (Å²) in [6.07, 6.45) is 3.32. The van der Waals surface area contributed by atoms with E-state index >= 15 is 0 Å². The molecule has 0 radical (unpaired) electrons. The molecule has 1 unspecified atom stereocenters. The zero-order valence-electron chi connectivity index (χ0n) is 15.0. The predicted octanol–water partition coefficient (Wildman–Crippen LogP) is 3.28. The number of halogens is 1. The van der Waals surface area contributed by atoms with Gasteiger partial charge in [0, 0.05) is 23.9 Å². The number of hydrogen-bond acceptors (Lipinski definition) is 4. The third-order valence-corrected chi connectivity index (χ3v) is 7.89. The quantitative estimate of drug-likeness (QED) is 0.709. The smallest absolute Gasteiger partial charge is 0.229 e. The lowest BCUT2D eigenvalue weighted by atomic mass is 10.0. The van der Waals surface area contributed by atoms with Gasteiger partial charge < -0.3 is 0 Å². The second kappa shape index (κ2) is 7.91. The minimum Gasteiger partial charge on any atom is -0.229 e. The van der Waals surface area contributed by atoms with Crippen molar-refractivity contribution in [3.8, 4) is 0 Å². The first-order valence-electron chi connectivity index (χ1n) is 8.69. The Morgan fingerprint density at radius 2 is 1.70 bits per heavy atom. The molecule has 1 aliphatic heterocycles. The van der Waals surface area contributed by atoms with Gasteiger partial charge in [-0.3, -0.25) is 0 Å². The van der Waals surface area contributed by atoms with E-state index in [1.807, 2.05) is 24.3 Å². The lowest BCUT2D eigenvalue weighted by molar-refractivity contribution is 0.385. The molecule has 2 aromatic carbocycles. The fourth-order valence-electron chi connectivity index (χ4n) is 3.44. The van der Waals surface area contributed by atoms with Crippen LogP contribution in [-0.4, -0.2) is 40.0 Å². The molecule has 3 rings (SSSR count). The molecule has 8 heteroatoms. The zero-order chi connectivity index (χ0) is 19.7. The molecule has 2 aromatic rings. The number of benzene rings is 2. The van der Waals surface area contributed by atoms with Gasteiger partial charge in [0.2, 0.25) is 10.0 Å². The van der Waals surface area contributed by atoms with Crippen LogP contribution in [0.2, 0.25) is 5.02 Å². The summed E-state index contributed by atoms with van der Waals surface area (Å²) in [6.45, 7) is 0.475. The van der Waals surface area contributed by atoms with Crippen LogP contribution in [0.4, 0.5) is 0 Å². The largest absolute Gasteiger partial charge is 0.243 e. The van der Waals surface area contributed by atoms with Gasteiger partial charge in [0.1, 0.15) is 0 Å². The summed E-state index contributed by atoms with van der Waals surface area (Å²) in [7, 11) is -6.80. The Kier molecular flexibility index (Phi) is 5.96. The maximum atomic E-state index is 13.1. The highest BCUT2D eigenvalue weighted by atomic mass is 35.5. The van der Waals surface area contributed by atoms with Crippen molar-refractivity contribution in [1.29, 1.82) is 0 Å². The summed E-state index contributed by atoms with van der Waals surface area (Å²) in [5.74, 6) is -0.105. The highest BCUT2D eigenvalue weighted by Crippen LogP contribution is 2.30. The number of nitrogens with zero attached hydrogens (tertiary/aromatic N) is 1. The van der Waals surface area contributed by atoms with Crippen LogP contribution in [0.15, 0.2) is 53.4 Å². The molecule has 0 saturated carbocycles. The van der Waals surface area contributed by atoms with Gasteiger partial charge in [-0.25, -0.2) is 16.8 Å². The normalized spacial score (nSPS) is 18.7. The van der Waals surface area contributed by atoms with Crippen molar-refractivity contribution in [2.75, 3.05) is 12.8 Å². The van der Waals surface area contributed by atoms with Crippen LogP contribution in [0.1, 0.15) is 24.0 Å². The fourth-order valence-corrected chi connectivity index (χ4v) is 6.15. The van der Waals surface area contributed by atoms with Crippen molar-refractivity contribution in [3.05, 3.63) is 64.7 Å². The molecule has 0 bridgehead atoms. The average Bonchev–Trinajstić information content (AvgIpc) is 3.05. The van der Waals surface area contributed by atoms with Crippen molar-refractivity contribution in [1.82, 2.24) is 4.31 Å². The topological polar surface area (TPSA) is 71.5 Å². The Labute approximate surface area is 165 Å². The van der Waals surface area contributed by atoms with Crippen LogP contribution in [0.3, 0.4) is 0 Å². The molecular formula is C19H22ClNO4S2. The summed E-state index contributed by atoms with van der Waals surface area (Å²) in [5.41, 5.74) is 1.51. The molecule has 1 atom stereocenters. The summed E-state index contributed by atoms with van der Waals surface area (Å²) in [4.78, 5) is 0.186. The van der Waals surface area contributed by atoms with Crippen molar-refractivity contribution < 1.29 is 16.8 Å². The maximum absolute atomic E-state index is 13.1. The molecule has 1 fully saturated rings. The Morgan fingerprint density at radius 1 is 1.04 bits per heavy atom. The molecule has 5 nitrogen and oxygen atoms in total. The van der Waals surface area contributed by atoms with Gasteiger partial charge in [-0.15, -0.1) is 0 Å². The Bertz CT molecular complexity index is 1020. The lowest BCUT2D eigenvalue weighted by Crippen LogP contribution is -2.36. The minimum absolute atomic E-state index is 0.105. The average molecular weight is 428 g/mol. The molecule has 27 heavy (non-hydrogen) atoms. The molecule has 146 valence electrons. The SMILES string of the molecule is CS(=O)(=O)Cc1ccc(S(=O)(=O)N2CCCC2Cc2ccccc2Cl)cc1. The van der Waals surface area contributed by atoms with E-state index in [2.05, 4.69) is 0 Å². The minimum atomic E-state index is -3.64. The number of sulfonamides is 1. The van der Waals surface area contributed by atoms with E-state index in [4.69, 9.17) is 11.6 Å². The van der Waals surface area contributed by atoms with Crippen molar-refractivity contribution >= 4 is 31.5 Å². The fraction of sp³-hybridized carbons (Fsp3) is 0.368. The van der Waals surface area contributed by atoms with E-state index in [9.17, 15) is 16.8 Å². The third kappa shape index (κ3) is 4.90. The van der Waals surface area contributed by atoms with Crippen LogP contribution in [0.5, 0.6) is 0 Å². The van der Waals surface area contributed by atoms with Gasteiger partial charge in [0.25, 0.3) is 0 Å². The van der Waals surface area contributed by atoms with Crippen molar-refractivity contribution in [2.24, 2.45) is 0 Å². The number of sulfone groups is 1. The van der Waals surface area contributed by atoms with E-state index in [-0.39, 0.29) is 16.7 Å². The summed E-state index contributed by atoms with van der Waals surface area (Å²) in [6, 6.07) is 13.5. The van der Waals surface area contributed by atoms with E-state index in [0.29, 0.717) is 23.6 Å². The van der Waals surface area contributed by atoms with Gasteiger partial charge in [-0.1, -0.05) is 41.9 Å². The molecule has 0 aromatic heterocycles. The number of rotatable bonds is 6. The van der Waals surface area contributed by atoms with Crippen LogP contribution < -0.4 is 0 Å². The van der Waals surface area contributed by atoms with Crippen LogP contribution >= 0.6 is 11.6 Å². The van der Waals surface area contributed by atoms with E-state index in [1.165, 1.54) is 12.1 Å². The molecule has 0 aliphatic carbocycles. The third-order valence-electron chi connectivity index (χ3n) is 4.70. The van der Waals surface area contributed by atoms with Crippen LogP contribution in [0.25, 0.3) is 0 Å². The molecular weight excluding hydrogens is 406 g/mol. The zero-order valence-corrected chi connectivity index (χ0v) is 17.4. The Hall–Kier alpha value is -1.41. The molecule has 1 aliphatic rings. The van der Waals surface area contributed by atoms with Crippen molar-refractivity contribution in [2.45, 2.75) is 36.0 Å². The Morgan fingerprint density at radius 3 is 2.33 bits per heavy atom. The van der Waals surface area contributed by atoms with E-state index < -0.39 is 19.9 Å². The van der Waals surface area contributed by atoms with Gasteiger partial charge in [-0.2, -0.15) is 4.31 Å².